The Balaban J connectivity index is 2.27. The van der Waals surface area contributed by atoms with Gasteiger partial charge in [-0.3, -0.25) is 9.59 Å². The lowest BCUT2D eigenvalue weighted by molar-refractivity contribution is -0.136. The van der Waals surface area contributed by atoms with Crippen LogP contribution in [0.4, 0.5) is 5.69 Å². The van der Waals surface area contributed by atoms with Gasteiger partial charge in [-0.25, -0.2) is 0 Å². The van der Waals surface area contributed by atoms with Crippen LogP contribution in [0.15, 0.2) is 28.7 Å². The first-order valence-corrected chi connectivity index (χ1v) is 7.24. The number of carbonyl (C=O) groups is 2. The number of anilines is 1. The Hall–Kier alpha value is -1.40. The standard InChI is InChI=1S/C14H19BrN2O3/c1-10(2)20-8-4-7-16-13(18)14(19)17-12-6-3-5-11(15)9-12/h3,5-6,9-10H,4,7-8H2,1-2H3,(H,16,18)(H,17,19). The molecule has 0 heterocycles. The van der Waals surface area contributed by atoms with Crippen molar-refractivity contribution in [1.82, 2.24) is 5.32 Å². The lowest BCUT2D eigenvalue weighted by atomic mass is 10.3. The van der Waals surface area contributed by atoms with Crippen molar-refractivity contribution in [1.29, 1.82) is 0 Å². The van der Waals surface area contributed by atoms with Crippen molar-refractivity contribution in [2.24, 2.45) is 0 Å². The molecule has 0 saturated heterocycles. The van der Waals surface area contributed by atoms with Gasteiger partial charge in [-0.2, -0.15) is 0 Å². The van der Waals surface area contributed by atoms with Gasteiger partial charge in [0.05, 0.1) is 6.10 Å². The predicted molar refractivity (Wildman–Crippen MR) is 81.5 cm³/mol. The fourth-order valence-corrected chi connectivity index (χ4v) is 1.83. The summed E-state index contributed by atoms with van der Waals surface area (Å²) in [5, 5.41) is 5.08. The molecular weight excluding hydrogens is 324 g/mol. The molecule has 0 bridgehead atoms. The molecule has 0 unspecified atom stereocenters. The molecule has 0 aliphatic rings. The van der Waals surface area contributed by atoms with Crippen molar-refractivity contribution >= 4 is 33.4 Å². The third kappa shape index (κ3) is 6.68. The van der Waals surface area contributed by atoms with Gasteiger partial charge in [0.1, 0.15) is 0 Å². The number of ether oxygens (including phenoxy) is 1. The second-order valence-corrected chi connectivity index (χ2v) is 5.41. The highest BCUT2D eigenvalue weighted by molar-refractivity contribution is 9.10. The van der Waals surface area contributed by atoms with Gasteiger partial charge in [-0.05, 0) is 38.5 Å². The van der Waals surface area contributed by atoms with Crippen LogP contribution in [0.3, 0.4) is 0 Å². The van der Waals surface area contributed by atoms with E-state index in [9.17, 15) is 9.59 Å². The molecule has 0 aliphatic carbocycles. The maximum absolute atomic E-state index is 11.6. The summed E-state index contributed by atoms with van der Waals surface area (Å²) in [6.07, 6.45) is 0.846. The van der Waals surface area contributed by atoms with E-state index in [0.717, 1.165) is 4.47 Å². The van der Waals surface area contributed by atoms with Crippen molar-refractivity contribution in [3.63, 3.8) is 0 Å². The number of halogens is 1. The number of hydrogen-bond acceptors (Lipinski definition) is 3. The Bertz CT molecular complexity index is 463. The molecule has 110 valence electrons. The molecule has 0 fully saturated rings. The summed E-state index contributed by atoms with van der Waals surface area (Å²) >= 11 is 3.29. The zero-order valence-corrected chi connectivity index (χ0v) is 13.2. The molecule has 20 heavy (non-hydrogen) atoms. The van der Waals surface area contributed by atoms with E-state index < -0.39 is 11.8 Å². The Labute approximate surface area is 127 Å². The molecule has 0 atom stereocenters. The van der Waals surface area contributed by atoms with Crippen LogP contribution < -0.4 is 10.6 Å². The molecule has 2 amide bonds. The van der Waals surface area contributed by atoms with Gasteiger partial charge in [-0.15, -0.1) is 0 Å². The van der Waals surface area contributed by atoms with Crippen LogP contribution in [-0.2, 0) is 14.3 Å². The van der Waals surface area contributed by atoms with E-state index in [2.05, 4.69) is 26.6 Å². The molecule has 0 aliphatic heterocycles. The van der Waals surface area contributed by atoms with E-state index in [0.29, 0.717) is 25.3 Å². The summed E-state index contributed by atoms with van der Waals surface area (Å²) in [5.41, 5.74) is 0.572. The van der Waals surface area contributed by atoms with Crippen LogP contribution in [0.5, 0.6) is 0 Å². The summed E-state index contributed by atoms with van der Waals surface area (Å²) in [5.74, 6) is -1.32. The molecule has 1 rings (SSSR count). The molecule has 0 spiro atoms. The minimum Gasteiger partial charge on any atom is -0.379 e. The van der Waals surface area contributed by atoms with Gasteiger partial charge in [0.25, 0.3) is 0 Å². The summed E-state index contributed by atoms with van der Waals surface area (Å²) in [4.78, 5) is 23.2. The van der Waals surface area contributed by atoms with E-state index in [1.54, 1.807) is 18.2 Å². The zero-order chi connectivity index (χ0) is 15.0. The summed E-state index contributed by atoms with van der Waals surface area (Å²) < 4.78 is 6.17. The predicted octanol–water partition coefficient (Wildman–Crippen LogP) is 2.32. The molecule has 1 aromatic carbocycles. The Morgan fingerprint density at radius 3 is 2.70 bits per heavy atom. The average molecular weight is 343 g/mol. The largest absolute Gasteiger partial charge is 0.379 e. The summed E-state index contributed by atoms with van der Waals surface area (Å²) in [6, 6.07) is 7.05. The van der Waals surface area contributed by atoms with Crippen LogP contribution >= 0.6 is 15.9 Å². The topological polar surface area (TPSA) is 67.4 Å². The molecule has 1 aromatic rings. The lowest BCUT2D eigenvalue weighted by Gasteiger charge is -2.08. The highest BCUT2D eigenvalue weighted by Crippen LogP contribution is 2.15. The number of hydrogen-bond donors (Lipinski definition) is 2. The van der Waals surface area contributed by atoms with Crippen molar-refractivity contribution in [2.75, 3.05) is 18.5 Å². The smallest absolute Gasteiger partial charge is 0.313 e. The number of carbonyl (C=O) groups excluding carboxylic acids is 2. The van der Waals surface area contributed by atoms with E-state index in [1.165, 1.54) is 0 Å². The van der Waals surface area contributed by atoms with Crippen LogP contribution in [0.25, 0.3) is 0 Å². The van der Waals surface area contributed by atoms with Crippen LogP contribution in [0, 0.1) is 0 Å². The van der Waals surface area contributed by atoms with Crippen molar-refractivity contribution < 1.29 is 14.3 Å². The van der Waals surface area contributed by atoms with E-state index in [4.69, 9.17) is 4.74 Å². The molecule has 0 radical (unpaired) electrons. The number of benzene rings is 1. The first kappa shape index (κ1) is 16.7. The second kappa shape index (κ2) is 8.71. The normalized spacial score (nSPS) is 10.4. The third-order valence-electron chi connectivity index (χ3n) is 2.35. The van der Waals surface area contributed by atoms with E-state index >= 15 is 0 Å². The number of nitrogens with one attached hydrogen (secondary N) is 2. The van der Waals surface area contributed by atoms with Crippen LogP contribution in [0.2, 0.25) is 0 Å². The van der Waals surface area contributed by atoms with E-state index in [-0.39, 0.29) is 6.10 Å². The Kier molecular flexibility index (Phi) is 7.25. The maximum atomic E-state index is 11.6. The molecular formula is C14H19BrN2O3. The van der Waals surface area contributed by atoms with Crippen LogP contribution in [-0.4, -0.2) is 31.1 Å². The highest BCUT2D eigenvalue weighted by atomic mass is 79.9. The van der Waals surface area contributed by atoms with E-state index in [1.807, 2.05) is 19.9 Å². The van der Waals surface area contributed by atoms with Crippen molar-refractivity contribution in [3.8, 4) is 0 Å². The molecule has 6 heteroatoms. The third-order valence-corrected chi connectivity index (χ3v) is 2.84. The van der Waals surface area contributed by atoms with Gasteiger partial charge in [0.15, 0.2) is 0 Å². The molecule has 5 nitrogen and oxygen atoms in total. The fourth-order valence-electron chi connectivity index (χ4n) is 1.43. The molecule has 0 saturated carbocycles. The van der Waals surface area contributed by atoms with Gasteiger partial charge >= 0.3 is 11.8 Å². The summed E-state index contributed by atoms with van der Waals surface area (Å²) in [7, 11) is 0. The van der Waals surface area contributed by atoms with Gasteiger partial charge in [0, 0.05) is 23.3 Å². The highest BCUT2D eigenvalue weighted by Gasteiger charge is 2.12. The number of rotatable bonds is 6. The zero-order valence-electron chi connectivity index (χ0n) is 11.6. The monoisotopic (exact) mass is 342 g/mol. The molecule has 0 aromatic heterocycles. The number of amides is 2. The van der Waals surface area contributed by atoms with Crippen molar-refractivity contribution in [3.05, 3.63) is 28.7 Å². The van der Waals surface area contributed by atoms with Crippen molar-refractivity contribution in [2.45, 2.75) is 26.4 Å². The molecule has 2 N–H and O–H groups in total. The SMILES string of the molecule is CC(C)OCCCNC(=O)C(=O)Nc1cccc(Br)c1. The van der Waals surface area contributed by atoms with Gasteiger partial charge in [0.2, 0.25) is 0 Å². The Morgan fingerprint density at radius 1 is 1.30 bits per heavy atom. The second-order valence-electron chi connectivity index (χ2n) is 4.49. The first-order valence-electron chi connectivity index (χ1n) is 6.45. The Morgan fingerprint density at radius 2 is 2.05 bits per heavy atom. The minimum atomic E-state index is -0.673. The fraction of sp³-hybridized carbons (Fsp3) is 0.429. The average Bonchev–Trinajstić information content (AvgIpc) is 2.37. The van der Waals surface area contributed by atoms with Crippen LogP contribution in [0.1, 0.15) is 20.3 Å². The maximum Gasteiger partial charge on any atom is 0.313 e. The minimum absolute atomic E-state index is 0.172. The van der Waals surface area contributed by atoms with Gasteiger partial charge in [-0.1, -0.05) is 22.0 Å². The summed E-state index contributed by atoms with van der Waals surface area (Å²) in [6.45, 7) is 4.87. The first-order chi connectivity index (χ1) is 9.49. The quantitative estimate of drug-likeness (QED) is 0.615. The van der Waals surface area contributed by atoms with Gasteiger partial charge < -0.3 is 15.4 Å². The lowest BCUT2D eigenvalue weighted by Crippen LogP contribution is -2.36.